The zero-order valence-corrected chi connectivity index (χ0v) is 12.5. The second kappa shape index (κ2) is 7.81. The van der Waals surface area contributed by atoms with Gasteiger partial charge in [-0.25, -0.2) is 18.1 Å². The number of carbonyl (C=O) groups is 1. The summed E-state index contributed by atoms with van der Waals surface area (Å²) < 4.78 is 25.2. The van der Waals surface area contributed by atoms with Gasteiger partial charge in [0.15, 0.2) is 0 Å². The Morgan fingerprint density at radius 1 is 1.30 bits per heavy atom. The lowest BCUT2D eigenvalue weighted by atomic mass is 10.2. The maximum absolute atomic E-state index is 11.9. The fourth-order valence-electron chi connectivity index (χ4n) is 1.54. The summed E-state index contributed by atoms with van der Waals surface area (Å²) in [6, 6.07) is 3.20. The lowest BCUT2D eigenvalue weighted by Gasteiger charge is -2.08. The highest BCUT2D eigenvalue weighted by Crippen LogP contribution is 2.06. The van der Waals surface area contributed by atoms with Crippen molar-refractivity contribution in [1.82, 2.24) is 15.0 Å². The third-order valence-electron chi connectivity index (χ3n) is 2.40. The van der Waals surface area contributed by atoms with Gasteiger partial charge in [-0.05, 0) is 19.1 Å². The van der Waals surface area contributed by atoms with Crippen molar-refractivity contribution in [3.8, 4) is 0 Å². The molecule has 0 fully saturated rings. The van der Waals surface area contributed by atoms with Gasteiger partial charge < -0.3 is 10.6 Å². The number of amides is 1. The van der Waals surface area contributed by atoms with E-state index in [0.29, 0.717) is 24.5 Å². The molecule has 1 heterocycles. The van der Waals surface area contributed by atoms with E-state index in [1.54, 1.807) is 19.1 Å². The van der Waals surface area contributed by atoms with Gasteiger partial charge in [0.2, 0.25) is 10.0 Å². The second-order valence-electron chi connectivity index (χ2n) is 4.03. The van der Waals surface area contributed by atoms with Gasteiger partial charge in [-0.15, -0.1) is 0 Å². The first kappa shape index (κ1) is 16.4. The van der Waals surface area contributed by atoms with Crippen LogP contribution in [0.2, 0.25) is 0 Å². The van der Waals surface area contributed by atoms with Crippen LogP contribution < -0.4 is 15.4 Å². The van der Waals surface area contributed by atoms with Gasteiger partial charge >= 0.3 is 0 Å². The molecular weight excluding hydrogens is 280 g/mol. The van der Waals surface area contributed by atoms with Crippen molar-refractivity contribution in [2.75, 3.05) is 30.7 Å². The predicted octanol–water partition coefficient (Wildman–Crippen LogP) is 0.183. The van der Waals surface area contributed by atoms with E-state index in [2.05, 4.69) is 20.3 Å². The van der Waals surface area contributed by atoms with Crippen molar-refractivity contribution in [3.63, 3.8) is 0 Å². The quantitative estimate of drug-likeness (QED) is 0.636. The summed E-state index contributed by atoms with van der Waals surface area (Å²) in [7, 11) is -3.32. The maximum atomic E-state index is 11.9. The number of hydrogen-bond donors (Lipinski definition) is 3. The van der Waals surface area contributed by atoms with Gasteiger partial charge in [0, 0.05) is 31.4 Å². The van der Waals surface area contributed by atoms with Crippen LogP contribution in [-0.4, -0.2) is 44.7 Å². The lowest BCUT2D eigenvalue weighted by molar-refractivity contribution is 0.0956. The Hall–Kier alpha value is -1.67. The number of nitrogens with one attached hydrogen (secondary N) is 3. The molecule has 1 amide bonds. The molecule has 0 aromatic carbocycles. The van der Waals surface area contributed by atoms with E-state index in [1.807, 2.05) is 6.92 Å². The molecule has 7 nitrogen and oxygen atoms in total. The Labute approximate surface area is 119 Å². The van der Waals surface area contributed by atoms with Crippen LogP contribution in [0.15, 0.2) is 18.3 Å². The van der Waals surface area contributed by atoms with E-state index in [9.17, 15) is 13.2 Å². The number of rotatable bonds is 8. The standard InChI is InChI=1S/C12H20N4O3S/c1-3-13-11-9-10(5-6-14-11)12(17)15-7-8-20(18,19)16-4-2/h5-6,9,16H,3-4,7-8H2,1-2H3,(H,13,14)(H,15,17). The molecule has 0 bridgehead atoms. The molecule has 1 aromatic heterocycles. The highest BCUT2D eigenvalue weighted by molar-refractivity contribution is 7.89. The molecule has 0 atom stereocenters. The lowest BCUT2D eigenvalue weighted by Crippen LogP contribution is -2.34. The van der Waals surface area contributed by atoms with Gasteiger partial charge in [-0.2, -0.15) is 0 Å². The minimum Gasteiger partial charge on any atom is -0.370 e. The molecule has 20 heavy (non-hydrogen) atoms. The first-order valence-electron chi connectivity index (χ1n) is 6.44. The third-order valence-corrected chi connectivity index (χ3v) is 3.87. The van der Waals surface area contributed by atoms with Crippen molar-refractivity contribution in [1.29, 1.82) is 0 Å². The van der Waals surface area contributed by atoms with Crippen LogP contribution in [0.4, 0.5) is 5.82 Å². The molecule has 0 radical (unpaired) electrons. The fraction of sp³-hybridized carbons (Fsp3) is 0.500. The molecule has 0 unspecified atom stereocenters. The van der Waals surface area contributed by atoms with Gasteiger partial charge in [-0.3, -0.25) is 4.79 Å². The van der Waals surface area contributed by atoms with Crippen molar-refractivity contribution >= 4 is 21.7 Å². The monoisotopic (exact) mass is 300 g/mol. The Morgan fingerprint density at radius 2 is 2.05 bits per heavy atom. The first-order chi connectivity index (χ1) is 9.48. The summed E-state index contributed by atoms with van der Waals surface area (Å²) >= 11 is 0. The van der Waals surface area contributed by atoms with E-state index < -0.39 is 10.0 Å². The summed E-state index contributed by atoms with van der Waals surface area (Å²) in [5.74, 6) is 0.149. The van der Waals surface area contributed by atoms with Gasteiger partial charge in [0.25, 0.3) is 5.91 Å². The number of aromatic nitrogens is 1. The second-order valence-corrected chi connectivity index (χ2v) is 5.96. The molecule has 3 N–H and O–H groups in total. The number of sulfonamides is 1. The highest BCUT2D eigenvalue weighted by Gasteiger charge is 2.10. The highest BCUT2D eigenvalue weighted by atomic mass is 32.2. The molecule has 1 rings (SSSR count). The molecule has 0 aliphatic carbocycles. The molecule has 1 aromatic rings. The van der Waals surface area contributed by atoms with Crippen LogP contribution >= 0.6 is 0 Å². The molecule has 0 spiro atoms. The van der Waals surface area contributed by atoms with Crippen LogP contribution in [0.3, 0.4) is 0 Å². The minimum absolute atomic E-state index is 0.0625. The van der Waals surface area contributed by atoms with E-state index >= 15 is 0 Å². The maximum Gasteiger partial charge on any atom is 0.251 e. The summed E-state index contributed by atoms with van der Waals surface area (Å²) in [5.41, 5.74) is 0.441. The van der Waals surface area contributed by atoms with Crippen molar-refractivity contribution in [2.24, 2.45) is 0 Å². The number of carbonyl (C=O) groups excluding carboxylic acids is 1. The summed E-state index contributed by atoms with van der Waals surface area (Å²) in [4.78, 5) is 15.9. The van der Waals surface area contributed by atoms with Crippen LogP contribution in [0.25, 0.3) is 0 Å². The van der Waals surface area contributed by atoms with E-state index in [4.69, 9.17) is 0 Å². The Bertz CT molecular complexity index is 545. The molecule has 0 aliphatic rings. The normalized spacial score (nSPS) is 11.1. The minimum atomic E-state index is -3.32. The summed E-state index contributed by atoms with van der Waals surface area (Å²) in [5, 5.41) is 5.57. The van der Waals surface area contributed by atoms with Crippen LogP contribution in [-0.2, 0) is 10.0 Å². The molecular formula is C12H20N4O3S. The molecule has 0 saturated carbocycles. The van der Waals surface area contributed by atoms with Crippen LogP contribution in [0.1, 0.15) is 24.2 Å². The fourth-order valence-corrected chi connectivity index (χ4v) is 2.50. The number of hydrogen-bond acceptors (Lipinski definition) is 5. The zero-order valence-electron chi connectivity index (χ0n) is 11.6. The molecule has 8 heteroatoms. The average molecular weight is 300 g/mol. The van der Waals surface area contributed by atoms with Crippen LogP contribution in [0.5, 0.6) is 0 Å². The smallest absolute Gasteiger partial charge is 0.251 e. The average Bonchev–Trinajstić information content (AvgIpc) is 2.39. The first-order valence-corrected chi connectivity index (χ1v) is 8.09. The Balaban J connectivity index is 2.53. The Morgan fingerprint density at radius 3 is 2.70 bits per heavy atom. The van der Waals surface area contributed by atoms with Gasteiger partial charge in [-0.1, -0.05) is 6.92 Å². The largest absolute Gasteiger partial charge is 0.370 e. The molecule has 112 valence electrons. The summed E-state index contributed by atoms with van der Waals surface area (Å²) in [6.45, 7) is 4.74. The SMILES string of the molecule is CCNc1cc(C(=O)NCCS(=O)(=O)NCC)ccn1. The topological polar surface area (TPSA) is 100 Å². The van der Waals surface area contributed by atoms with Crippen molar-refractivity contribution in [2.45, 2.75) is 13.8 Å². The Kier molecular flexibility index (Phi) is 6.40. The summed E-state index contributed by atoms with van der Waals surface area (Å²) in [6.07, 6.45) is 1.53. The number of pyridine rings is 1. The van der Waals surface area contributed by atoms with E-state index in [1.165, 1.54) is 6.20 Å². The van der Waals surface area contributed by atoms with Crippen LogP contribution in [0, 0.1) is 0 Å². The third kappa shape index (κ3) is 5.54. The number of anilines is 1. The molecule has 0 aliphatic heterocycles. The van der Waals surface area contributed by atoms with E-state index in [-0.39, 0.29) is 18.2 Å². The van der Waals surface area contributed by atoms with Crippen molar-refractivity contribution in [3.05, 3.63) is 23.9 Å². The zero-order chi connectivity index (χ0) is 15.0. The number of nitrogens with zero attached hydrogens (tertiary/aromatic N) is 1. The van der Waals surface area contributed by atoms with Crippen molar-refractivity contribution < 1.29 is 13.2 Å². The van der Waals surface area contributed by atoms with Gasteiger partial charge in [0.1, 0.15) is 5.82 Å². The van der Waals surface area contributed by atoms with Gasteiger partial charge in [0.05, 0.1) is 5.75 Å². The molecule has 0 saturated heterocycles. The predicted molar refractivity (Wildman–Crippen MR) is 78.2 cm³/mol. The van der Waals surface area contributed by atoms with E-state index in [0.717, 1.165) is 0 Å².